The Morgan fingerprint density at radius 3 is 2.46 bits per heavy atom. The maximum Gasteiger partial charge on any atom is 0.237 e. The van der Waals surface area contributed by atoms with Crippen LogP contribution >= 0.6 is 11.8 Å². The first-order valence-corrected chi connectivity index (χ1v) is 9.07. The third-order valence-corrected chi connectivity index (χ3v) is 4.70. The maximum atomic E-state index is 12.4. The van der Waals surface area contributed by atoms with E-state index in [2.05, 4.69) is 15.3 Å². The van der Waals surface area contributed by atoms with E-state index in [4.69, 9.17) is 0 Å². The zero-order chi connectivity index (χ0) is 18.5. The second-order valence-electron chi connectivity index (χ2n) is 5.80. The quantitative estimate of drug-likeness (QED) is 0.401. The molecule has 1 amide bonds. The minimum Gasteiger partial charge on any atom is -0.508 e. The molecule has 0 aliphatic rings. The number of hydrogen-bond acceptors (Lipinski definition) is 5. The van der Waals surface area contributed by atoms with Crippen LogP contribution in [0.25, 0.3) is 11.3 Å². The topological polar surface area (TPSA) is 75.1 Å². The molecular weight excluding hydrogens is 346 g/mol. The highest BCUT2D eigenvalue weighted by Crippen LogP contribution is 2.26. The molecular formula is C20H19N3O2S. The van der Waals surface area contributed by atoms with Gasteiger partial charge < -0.3 is 10.4 Å². The fourth-order valence-electron chi connectivity index (χ4n) is 2.38. The number of nitrogens with one attached hydrogen (secondary N) is 1. The van der Waals surface area contributed by atoms with E-state index in [1.165, 1.54) is 23.9 Å². The largest absolute Gasteiger partial charge is 0.508 e. The summed E-state index contributed by atoms with van der Waals surface area (Å²) in [6.07, 6.45) is 0. The molecule has 3 rings (SSSR count). The van der Waals surface area contributed by atoms with E-state index in [1.807, 2.05) is 50.2 Å². The normalized spacial score (nSPS) is 11.8. The number of nitrogens with zero attached hydrogens (tertiary/aromatic N) is 2. The first kappa shape index (κ1) is 17.9. The van der Waals surface area contributed by atoms with Gasteiger partial charge in [-0.1, -0.05) is 42.1 Å². The van der Waals surface area contributed by atoms with Gasteiger partial charge in [-0.15, -0.1) is 0 Å². The third-order valence-electron chi connectivity index (χ3n) is 3.69. The Bertz CT molecular complexity index is 899. The second kappa shape index (κ2) is 8.01. The Kier molecular flexibility index (Phi) is 5.53. The molecule has 0 bridgehead atoms. The van der Waals surface area contributed by atoms with Gasteiger partial charge in [0.1, 0.15) is 16.6 Å². The Labute approximate surface area is 156 Å². The SMILES string of the molecule is Cc1nc(SC(C)C(=O)Nc2ccc(O)cc2)cc(-c2ccccc2)n1. The van der Waals surface area contributed by atoms with Crippen molar-refractivity contribution in [3.8, 4) is 17.0 Å². The summed E-state index contributed by atoms with van der Waals surface area (Å²) in [4.78, 5) is 21.3. The molecule has 2 N–H and O–H groups in total. The van der Waals surface area contributed by atoms with Gasteiger partial charge in [-0.3, -0.25) is 4.79 Å². The molecule has 3 aromatic rings. The van der Waals surface area contributed by atoms with Crippen LogP contribution in [0, 0.1) is 6.92 Å². The van der Waals surface area contributed by atoms with Gasteiger partial charge in [0.25, 0.3) is 0 Å². The molecule has 6 heteroatoms. The lowest BCUT2D eigenvalue weighted by Gasteiger charge is -2.12. The Morgan fingerprint density at radius 2 is 1.77 bits per heavy atom. The van der Waals surface area contributed by atoms with Gasteiger partial charge in [0.2, 0.25) is 5.91 Å². The van der Waals surface area contributed by atoms with E-state index < -0.39 is 0 Å². The molecule has 0 saturated heterocycles. The number of amides is 1. The zero-order valence-corrected chi connectivity index (χ0v) is 15.3. The lowest BCUT2D eigenvalue weighted by atomic mass is 10.1. The number of phenolic OH excluding ortho intramolecular Hbond substituents is 1. The van der Waals surface area contributed by atoms with E-state index in [0.29, 0.717) is 11.5 Å². The first-order valence-electron chi connectivity index (χ1n) is 8.19. The molecule has 132 valence electrons. The molecule has 1 atom stereocenters. The van der Waals surface area contributed by atoms with Gasteiger partial charge in [-0.2, -0.15) is 0 Å². The number of carbonyl (C=O) groups excluding carboxylic acids is 1. The molecule has 0 aliphatic carbocycles. The number of aromatic nitrogens is 2. The summed E-state index contributed by atoms with van der Waals surface area (Å²) in [5.74, 6) is 0.702. The average molecular weight is 365 g/mol. The number of carbonyl (C=O) groups is 1. The van der Waals surface area contributed by atoms with Crippen molar-refractivity contribution < 1.29 is 9.90 Å². The van der Waals surface area contributed by atoms with Crippen LogP contribution in [0.5, 0.6) is 5.75 Å². The number of phenols is 1. The number of aryl methyl sites for hydroxylation is 1. The van der Waals surface area contributed by atoms with E-state index >= 15 is 0 Å². The number of rotatable bonds is 5. The van der Waals surface area contributed by atoms with E-state index in [1.54, 1.807) is 12.1 Å². The molecule has 0 radical (unpaired) electrons. The van der Waals surface area contributed by atoms with Crippen molar-refractivity contribution in [2.24, 2.45) is 0 Å². The Morgan fingerprint density at radius 1 is 1.08 bits per heavy atom. The highest BCUT2D eigenvalue weighted by Gasteiger charge is 2.16. The molecule has 1 unspecified atom stereocenters. The third kappa shape index (κ3) is 4.61. The number of thioether (sulfide) groups is 1. The second-order valence-corrected chi connectivity index (χ2v) is 7.16. The average Bonchev–Trinajstić information content (AvgIpc) is 2.64. The van der Waals surface area contributed by atoms with Crippen LogP contribution in [-0.4, -0.2) is 26.2 Å². The van der Waals surface area contributed by atoms with E-state index in [9.17, 15) is 9.90 Å². The van der Waals surface area contributed by atoms with Gasteiger partial charge in [0, 0.05) is 11.3 Å². The summed E-state index contributed by atoms with van der Waals surface area (Å²) >= 11 is 1.38. The van der Waals surface area contributed by atoms with Crippen molar-refractivity contribution in [3.05, 3.63) is 66.5 Å². The van der Waals surface area contributed by atoms with Gasteiger partial charge >= 0.3 is 0 Å². The van der Waals surface area contributed by atoms with Gasteiger partial charge in [0.15, 0.2) is 0 Å². The smallest absolute Gasteiger partial charge is 0.237 e. The monoisotopic (exact) mass is 365 g/mol. The van der Waals surface area contributed by atoms with Crippen LogP contribution in [-0.2, 0) is 4.79 Å². The van der Waals surface area contributed by atoms with Crippen molar-refractivity contribution in [3.63, 3.8) is 0 Å². The minimum absolute atomic E-state index is 0.127. The van der Waals surface area contributed by atoms with Gasteiger partial charge in [-0.05, 0) is 44.2 Å². The van der Waals surface area contributed by atoms with Gasteiger partial charge in [0.05, 0.1) is 10.9 Å². The van der Waals surface area contributed by atoms with E-state index in [-0.39, 0.29) is 16.9 Å². The summed E-state index contributed by atoms with van der Waals surface area (Å²) < 4.78 is 0. The predicted molar refractivity (Wildman–Crippen MR) is 104 cm³/mol. The van der Waals surface area contributed by atoms with Crippen molar-refractivity contribution in [2.75, 3.05) is 5.32 Å². The van der Waals surface area contributed by atoms with E-state index in [0.717, 1.165) is 16.3 Å². The number of benzene rings is 2. The van der Waals surface area contributed by atoms with Gasteiger partial charge in [-0.25, -0.2) is 9.97 Å². The molecule has 1 heterocycles. The first-order chi connectivity index (χ1) is 12.5. The molecule has 5 nitrogen and oxygen atoms in total. The zero-order valence-electron chi connectivity index (χ0n) is 14.5. The minimum atomic E-state index is -0.332. The highest BCUT2D eigenvalue weighted by atomic mass is 32.2. The lowest BCUT2D eigenvalue weighted by molar-refractivity contribution is -0.115. The summed E-state index contributed by atoms with van der Waals surface area (Å²) in [5.41, 5.74) is 2.50. The summed E-state index contributed by atoms with van der Waals surface area (Å²) in [7, 11) is 0. The van der Waals surface area contributed by atoms with Crippen LogP contribution in [0.15, 0.2) is 65.7 Å². The summed E-state index contributed by atoms with van der Waals surface area (Å²) in [6, 6.07) is 18.2. The number of anilines is 1. The molecule has 0 spiro atoms. The predicted octanol–water partition coefficient (Wildman–Crippen LogP) is 4.28. The highest BCUT2D eigenvalue weighted by molar-refractivity contribution is 8.00. The lowest BCUT2D eigenvalue weighted by Crippen LogP contribution is -2.22. The molecule has 2 aromatic carbocycles. The molecule has 0 fully saturated rings. The van der Waals surface area contributed by atoms with Crippen molar-refractivity contribution in [1.29, 1.82) is 0 Å². The Hall–Kier alpha value is -2.86. The van der Waals surface area contributed by atoms with Crippen LogP contribution in [0.2, 0.25) is 0 Å². The summed E-state index contributed by atoms with van der Waals surface area (Å²) in [6.45, 7) is 3.68. The van der Waals surface area contributed by atoms with Crippen LogP contribution < -0.4 is 5.32 Å². The van der Waals surface area contributed by atoms with Crippen molar-refractivity contribution in [1.82, 2.24) is 9.97 Å². The maximum absolute atomic E-state index is 12.4. The fraction of sp³-hybridized carbons (Fsp3) is 0.150. The summed E-state index contributed by atoms with van der Waals surface area (Å²) in [5, 5.41) is 12.6. The molecule has 1 aromatic heterocycles. The van der Waals surface area contributed by atoms with Crippen LogP contribution in [0.1, 0.15) is 12.7 Å². The molecule has 0 saturated carbocycles. The molecule has 26 heavy (non-hydrogen) atoms. The number of aromatic hydroxyl groups is 1. The standard InChI is InChI=1S/C20H19N3O2S/c1-13(20(25)23-16-8-10-17(24)11-9-16)26-19-12-18(21-14(2)22-19)15-6-4-3-5-7-15/h3-13,24H,1-2H3,(H,23,25). The van der Waals surface area contributed by atoms with Crippen LogP contribution in [0.4, 0.5) is 5.69 Å². The van der Waals surface area contributed by atoms with Crippen molar-refractivity contribution in [2.45, 2.75) is 24.1 Å². The number of hydrogen-bond donors (Lipinski definition) is 2. The van der Waals surface area contributed by atoms with Crippen LogP contribution in [0.3, 0.4) is 0 Å². The fourth-order valence-corrected chi connectivity index (χ4v) is 3.27. The Balaban J connectivity index is 1.72. The van der Waals surface area contributed by atoms with Crippen molar-refractivity contribution >= 4 is 23.4 Å². The molecule has 0 aliphatic heterocycles.